The molecule has 1 N–H and O–H groups in total. The first-order valence-corrected chi connectivity index (χ1v) is 8.85. The highest BCUT2D eigenvalue weighted by Gasteiger charge is 2.36. The van der Waals surface area contributed by atoms with Crippen LogP contribution >= 0.6 is 31.9 Å². The van der Waals surface area contributed by atoms with Crippen molar-refractivity contribution >= 4 is 43.9 Å². The maximum absolute atomic E-state index is 12.3. The maximum atomic E-state index is 12.3. The Morgan fingerprint density at radius 3 is 2.62 bits per heavy atom. The molecule has 6 nitrogen and oxygen atoms in total. The minimum absolute atomic E-state index is 0.302. The number of ether oxygens (including phenoxy) is 2. The Morgan fingerprint density at radius 2 is 2.04 bits per heavy atom. The van der Waals surface area contributed by atoms with E-state index in [2.05, 4.69) is 37.2 Å². The van der Waals surface area contributed by atoms with Crippen LogP contribution in [-0.4, -0.2) is 37.7 Å². The molecule has 1 aliphatic rings. The van der Waals surface area contributed by atoms with Crippen molar-refractivity contribution in [2.75, 3.05) is 20.8 Å². The smallest absolute Gasteiger partial charge is 0.337 e. The summed E-state index contributed by atoms with van der Waals surface area (Å²) in [6, 6.07) is 2.70. The Kier molecular flexibility index (Phi) is 5.92. The maximum Gasteiger partial charge on any atom is 0.337 e. The van der Waals surface area contributed by atoms with Crippen LogP contribution < -0.4 is 10.1 Å². The van der Waals surface area contributed by atoms with E-state index in [-0.39, 0.29) is 6.03 Å². The van der Waals surface area contributed by atoms with Crippen LogP contribution in [-0.2, 0) is 9.53 Å². The molecule has 1 heterocycles. The quantitative estimate of drug-likeness (QED) is 0.693. The van der Waals surface area contributed by atoms with Gasteiger partial charge in [-0.3, -0.25) is 0 Å². The summed E-state index contributed by atoms with van der Waals surface area (Å²) >= 11 is 6.91. The van der Waals surface area contributed by atoms with Gasteiger partial charge in [0.1, 0.15) is 5.75 Å². The lowest BCUT2D eigenvalue weighted by Crippen LogP contribution is -2.46. The third kappa shape index (κ3) is 3.44. The molecule has 0 radical (unpaired) electrons. The first-order chi connectivity index (χ1) is 11.3. The van der Waals surface area contributed by atoms with Crippen LogP contribution in [0.15, 0.2) is 32.3 Å². The molecule has 0 saturated heterocycles. The predicted octanol–water partition coefficient (Wildman–Crippen LogP) is 3.75. The number of carbonyl (C=O) groups is 2. The standard InChI is InChI=1S/C16H18Br2N2O4/c1-5-24-14-10(6-9(17)7-11(14)18)13-12(15(21)23-4)8(2)20(3)16(22)19-13/h6-7,13H,5H2,1-4H3,(H,19,22)/t13-/m1/s1. The first-order valence-electron chi connectivity index (χ1n) is 7.26. The summed E-state index contributed by atoms with van der Waals surface area (Å²) in [4.78, 5) is 26.0. The van der Waals surface area contributed by atoms with E-state index >= 15 is 0 Å². The van der Waals surface area contributed by atoms with Gasteiger partial charge < -0.3 is 19.7 Å². The second kappa shape index (κ2) is 7.57. The fourth-order valence-corrected chi connectivity index (χ4v) is 3.91. The number of halogens is 2. The lowest BCUT2D eigenvalue weighted by atomic mass is 9.94. The Hall–Kier alpha value is -1.54. The fourth-order valence-electron chi connectivity index (χ4n) is 2.53. The minimum atomic E-state index is -0.670. The van der Waals surface area contributed by atoms with Crippen LogP contribution in [0.5, 0.6) is 5.75 Å². The van der Waals surface area contributed by atoms with Crippen LogP contribution in [0.1, 0.15) is 25.5 Å². The van der Waals surface area contributed by atoms with Crippen molar-refractivity contribution in [3.05, 3.63) is 37.9 Å². The Morgan fingerprint density at radius 1 is 1.38 bits per heavy atom. The number of esters is 1. The molecule has 130 valence electrons. The number of hydrogen-bond donors (Lipinski definition) is 1. The molecule has 0 saturated carbocycles. The number of benzene rings is 1. The number of nitrogens with one attached hydrogen (secondary N) is 1. The van der Waals surface area contributed by atoms with Gasteiger partial charge in [-0.15, -0.1) is 0 Å². The highest BCUT2D eigenvalue weighted by Crippen LogP contribution is 2.41. The van der Waals surface area contributed by atoms with Crippen molar-refractivity contribution in [1.82, 2.24) is 10.2 Å². The van der Waals surface area contributed by atoms with Crippen molar-refractivity contribution in [2.24, 2.45) is 0 Å². The number of carbonyl (C=O) groups excluding carboxylic acids is 2. The molecule has 2 rings (SSSR count). The number of hydrogen-bond acceptors (Lipinski definition) is 4. The monoisotopic (exact) mass is 460 g/mol. The van der Waals surface area contributed by atoms with Crippen LogP contribution in [0.4, 0.5) is 4.79 Å². The molecule has 24 heavy (non-hydrogen) atoms. The number of rotatable bonds is 4. The van der Waals surface area contributed by atoms with Crippen molar-refractivity contribution in [3.8, 4) is 5.75 Å². The van der Waals surface area contributed by atoms with Crippen molar-refractivity contribution < 1.29 is 19.1 Å². The molecule has 0 aliphatic carbocycles. The molecule has 0 spiro atoms. The second-order valence-corrected chi connectivity index (χ2v) is 6.94. The van der Waals surface area contributed by atoms with Crippen LogP contribution in [0.3, 0.4) is 0 Å². The van der Waals surface area contributed by atoms with E-state index in [9.17, 15) is 9.59 Å². The van der Waals surface area contributed by atoms with Crippen molar-refractivity contribution in [3.63, 3.8) is 0 Å². The van der Waals surface area contributed by atoms with Crippen LogP contribution in [0.2, 0.25) is 0 Å². The summed E-state index contributed by atoms with van der Waals surface area (Å²) in [5.74, 6) is 0.0765. The fraction of sp³-hybridized carbons (Fsp3) is 0.375. The summed E-state index contributed by atoms with van der Waals surface area (Å²) in [5.41, 5.74) is 1.57. The van der Waals surface area contributed by atoms with Crippen LogP contribution in [0.25, 0.3) is 0 Å². The molecule has 1 aliphatic heterocycles. The number of nitrogens with zero attached hydrogens (tertiary/aromatic N) is 1. The summed E-state index contributed by atoms with van der Waals surface area (Å²) in [6.07, 6.45) is 0. The number of urea groups is 1. The van der Waals surface area contributed by atoms with E-state index in [4.69, 9.17) is 9.47 Å². The third-order valence-corrected chi connectivity index (χ3v) is 4.84. The van der Waals surface area contributed by atoms with E-state index in [0.29, 0.717) is 29.2 Å². The Bertz CT molecular complexity index is 718. The van der Waals surface area contributed by atoms with Gasteiger partial charge in [0.25, 0.3) is 0 Å². The average molecular weight is 462 g/mol. The van der Waals surface area contributed by atoms with Gasteiger partial charge in [-0.05, 0) is 41.9 Å². The molecular weight excluding hydrogens is 444 g/mol. The van der Waals surface area contributed by atoms with E-state index in [0.717, 1.165) is 8.95 Å². The molecule has 1 atom stereocenters. The summed E-state index contributed by atoms with van der Waals surface area (Å²) in [6.45, 7) is 4.03. The van der Waals surface area contributed by atoms with E-state index in [1.807, 2.05) is 19.1 Å². The van der Waals surface area contributed by atoms with Gasteiger partial charge in [-0.2, -0.15) is 0 Å². The Balaban J connectivity index is 2.69. The molecule has 1 aromatic carbocycles. The Labute approximate surface area is 157 Å². The van der Waals surface area contributed by atoms with Crippen molar-refractivity contribution in [2.45, 2.75) is 19.9 Å². The van der Waals surface area contributed by atoms with E-state index < -0.39 is 12.0 Å². The highest BCUT2D eigenvalue weighted by atomic mass is 79.9. The zero-order valence-corrected chi connectivity index (χ0v) is 16.9. The lowest BCUT2D eigenvalue weighted by molar-refractivity contribution is -0.136. The molecule has 0 fully saturated rings. The molecule has 8 heteroatoms. The van der Waals surface area contributed by atoms with Gasteiger partial charge in [0.05, 0.1) is 29.8 Å². The van der Waals surface area contributed by atoms with Gasteiger partial charge in [-0.25, -0.2) is 9.59 Å². The zero-order chi connectivity index (χ0) is 18.0. The molecule has 0 unspecified atom stereocenters. The van der Waals surface area contributed by atoms with E-state index in [1.54, 1.807) is 14.0 Å². The SMILES string of the molecule is CCOc1c(Br)cc(Br)cc1[C@H]1NC(=O)N(C)C(C)=C1C(=O)OC. The summed E-state index contributed by atoms with van der Waals surface area (Å²) in [7, 11) is 2.92. The number of allylic oxidation sites excluding steroid dienone is 1. The first kappa shape index (κ1) is 18.8. The van der Waals surface area contributed by atoms with Crippen LogP contribution in [0, 0.1) is 0 Å². The average Bonchev–Trinajstić information content (AvgIpc) is 2.54. The topological polar surface area (TPSA) is 67.9 Å². The highest BCUT2D eigenvalue weighted by molar-refractivity contribution is 9.11. The molecule has 2 amide bonds. The second-order valence-electron chi connectivity index (χ2n) is 5.17. The number of amides is 2. The lowest BCUT2D eigenvalue weighted by Gasteiger charge is -2.33. The predicted molar refractivity (Wildman–Crippen MR) is 96.8 cm³/mol. The normalized spacial score (nSPS) is 17.7. The molecule has 1 aromatic rings. The van der Waals surface area contributed by atoms with E-state index in [1.165, 1.54) is 12.0 Å². The van der Waals surface area contributed by atoms with Gasteiger partial charge in [0.2, 0.25) is 0 Å². The largest absolute Gasteiger partial charge is 0.492 e. The molecular formula is C16H18Br2N2O4. The van der Waals surface area contributed by atoms with Crippen molar-refractivity contribution in [1.29, 1.82) is 0 Å². The number of methoxy groups -OCH3 is 1. The summed E-state index contributed by atoms with van der Waals surface area (Å²) in [5, 5.41) is 2.84. The molecule has 0 aromatic heterocycles. The summed E-state index contributed by atoms with van der Waals surface area (Å²) < 4.78 is 12.2. The van der Waals surface area contributed by atoms with Gasteiger partial charge in [0.15, 0.2) is 0 Å². The molecule has 0 bridgehead atoms. The zero-order valence-electron chi connectivity index (χ0n) is 13.8. The van der Waals surface area contributed by atoms with Gasteiger partial charge in [-0.1, -0.05) is 15.9 Å². The van der Waals surface area contributed by atoms with Gasteiger partial charge >= 0.3 is 12.0 Å². The minimum Gasteiger partial charge on any atom is -0.492 e. The third-order valence-electron chi connectivity index (χ3n) is 3.80. The van der Waals surface area contributed by atoms with Gasteiger partial charge in [0, 0.05) is 22.8 Å².